The quantitative estimate of drug-likeness (QED) is 0.112. The first kappa shape index (κ1) is 42.7. The summed E-state index contributed by atoms with van der Waals surface area (Å²) in [5, 5.41) is 0. The van der Waals surface area contributed by atoms with E-state index in [4.69, 9.17) is 9.47 Å². The summed E-state index contributed by atoms with van der Waals surface area (Å²) in [5.74, 6) is -0.478. The largest absolute Gasteiger partial charge is 0.460 e. The van der Waals surface area contributed by atoms with Crippen molar-refractivity contribution in [1.29, 1.82) is 0 Å². The molecule has 3 atom stereocenters. The van der Waals surface area contributed by atoms with Crippen LogP contribution in [0.5, 0.6) is 0 Å². The molecule has 6 nitrogen and oxygen atoms in total. The SMILES string of the molecule is CCCCC(C(=O)OCc1ccccc1)(C(=O)OC(C)(C)C)C(CC1CCCCC1)(C1CCCCC1)N(C(C)C)C(C)(CC(C)=O)Cc1ccccc1. The van der Waals surface area contributed by atoms with E-state index in [-0.39, 0.29) is 24.3 Å². The Labute approximate surface area is 322 Å². The minimum atomic E-state index is -1.64. The number of rotatable bonds is 18. The number of ether oxygens (including phenoxy) is 2. The highest BCUT2D eigenvalue weighted by atomic mass is 16.6. The zero-order chi connectivity index (χ0) is 38.7. The van der Waals surface area contributed by atoms with Crippen LogP contribution in [-0.2, 0) is 36.9 Å². The fraction of sp³-hybridized carbons (Fsp3) is 0.681. The average Bonchev–Trinajstić information content (AvgIpc) is 3.11. The molecule has 3 unspecified atom stereocenters. The second-order valence-electron chi connectivity index (χ2n) is 18.0. The molecule has 0 N–H and O–H groups in total. The van der Waals surface area contributed by atoms with Crippen molar-refractivity contribution in [2.24, 2.45) is 17.3 Å². The lowest BCUT2D eigenvalue weighted by Crippen LogP contribution is -2.76. The summed E-state index contributed by atoms with van der Waals surface area (Å²) < 4.78 is 13.1. The minimum Gasteiger partial charge on any atom is -0.460 e. The van der Waals surface area contributed by atoms with Crippen molar-refractivity contribution in [3.63, 3.8) is 0 Å². The van der Waals surface area contributed by atoms with Gasteiger partial charge in [-0.15, -0.1) is 0 Å². The summed E-state index contributed by atoms with van der Waals surface area (Å²) in [6.07, 6.45) is 14.1. The van der Waals surface area contributed by atoms with E-state index in [0.29, 0.717) is 38.0 Å². The second-order valence-corrected chi connectivity index (χ2v) is 18.0. The number of carbonyl (C=O) groups is 3. The Hall–Kier alpha value is -2.99. The van der Waals surface area contributed by atoms with Crippen LogP contribution in [0.3, 0.4) is 0 Å². The second kappa shape index (κ2) is 19.0. The average molecular weight is 730 g/mol. The Balaban J connectivity index is 2.15. The van der Waals surface area contributed by atoms with E-state index in [0.717, 1.165) is 75.3 Å². The summed E-state index contributed by atoms with van der Waals surface area (Å²) >= 11 is 0. The number of esters is 2. The van der Waals surface area contributed by atoms with E-state index in [1.54, 1.807) is 6.92 Å². The molecule has 0 radical (unpaired) electrons. The van der Waals surface area contributed by atoms with Gasteiger partial charge in [-0.2, -0.15) is 0 Å². The number of hydrogen-bond acceptors (Lipinski definition) is 6. The van der Waals surface area contributed by atoms with Gasteiger partial charge in [0.1, 0.15) is 18.0 Å². The third-order valence-corrected chi connectivity index (χ3v) is 12.1. The molecule has 2 saturated carbocycles. The molecule has 0 heterocycles. The van der Waals surface area contributed by atoms with E-state index in [9.17, 15) is 4.79 Å². The molecule has 53 heavy (non-hydrogen) atoms. The maximum Gasteiger partial charge on any atom is 0.325 e. The molecule has 0 aromatic heterocycles. The van der Waals surface area contributed by atoms with E-state index >= 15 is 9.59 Å². The minimum absolute atomic E-state index is 0.0243. The fourth-order valence-electron chi connectivity index (χ4n) is 10.5. The van der Waals surface area contributed by atoms with Gasteiger partial charge in [0.15, 0.2) is 5.41 Å². The van der Waals surface area contributed by atoms with Crippen molar-refractivity contribution in [3.05, 3.63) is 71.8 Å². The lowest BCUT2D eigenvalue weighted by Gasteiger charge is -2.65. The zero-order valence-electron chi connectivity index (χ0n) is 34.5. The molecule has 0 aliphatic heterocycles. The van der Waals surface area contributed by atoms with Crippen molar-refractivity contribution in [2.75, 3.05) is 0 Å². The number of nitrogens with zero attached hydrogens (tertiary/aromatic N) is 1. The summed E-state index contributed by atoms with van der Waals surface area (Å²) in [6, 6.07) is 20.1. The number of ketones is 1. The molecule has 294 valence electrons. The Morgan fingerprint density at radius 2 is 1.32 bits per heavy atom. The number of unbranched alkanes of at least 4 members (excludes halogenated alkanes) is 1. The normalized spacial score (nSPS) is 19.6. The van der Waals surface area contributed by atoms with Gasteiger partial charge in [-0.25, -0.2) is 0 Å². The molecule has 6 heteroatoms. The van der Waals surface area contributed by atoms with E-state index < -0.39 is 34.0 Å². The van der Waals surface area contributed by atoms with Crippen molar-refractivity contribution < 1.29 is 23.9 Å². The predicted molar refractivity (Wildman–Crippen MR) is 215 cm³/mol. The van der Waals surface area contributed by atoms with E-state index in [1.165, 1.54) is 6.42 Å². The van der Waals surface area contributed by atoms with Gasteiger partial charge in [-0.1, -0.05) is 132 Å². The molecule has 0 bridgehead atoms. The molecule has 2 fully saturated rings. The van der Waals surface area contributed by atoms with E-state index in [2.05, 4.69) is 56.9 Å². The molecule has 0 spiro atoms. The number of Topliss-reactive ketones (excluding diaryl/α,β-unsaturated/α-hetero) is 1. The van der Waals surface area contributed by atoms with Crippen LogP contribution in [0.25, 0.3) is 0 Å². The fourth-order valence-corrected chi connectivity index (χ4v) is 10.5. The Bertz CT molecular complexity index is 1440. The summed E-state index contributed by atoms with van der Waals surface area (Å²) in [6.45, 7) is 16.3. The third-order valence-electron chi connectivity index (χ3n) is 12.1. The molecular weight excluding hydrogens is 659 g/mol. The maximum atomic E-state index is 15.8. The molecule has 2 aliphatic carbocycles. The van der Waals surface area contributed by atoms with Crippen LogP contribution >= 0.6 is 0 Å². The monoisotopic (exact) mass is 730 g/mol. The van der Waals surface area contributed by atoms with Crippen molar-refractivity contribution in [1.82, 2.24) is 4.90 Å². The molecule has 2 aromatic carbocycles. The number of carbonyl (C=O) groups excluding carboxylic acids is 3. The lowest BCUT2D eigenvalue weighted by atomic mass is 9.52. The highest BCUT2D eigenvalue weighted by molar-refractivity contribution is 6.02. The Morgan fingerprint density at radius 1 is 0.774 bits per heavy atom. The van der Waals surface area contributed by atoms with Crippen molar-refractivity contribution >= 4 is 17.7 Å². The third kappa shape index (κ3) is 10.4. The van der Waals surface area contributed by atoms with Crippen LogP contribution in [-0.4, -0.2) is 45.3 Å². The molecule has 4 rings (SSSR count). The number of hydrogen-bond donors (Lipinski definition) is 0. The van der Waals surface area contributed by atoms with Gasteiger partial charge in [0.05, 0.1) is 5.54 Å². The first-order valence-electron chi connectivity index (χ1n) is 21.0. The van der Waals surface area contributed by atoms with Crippen LogP contribution in [0, 0.1) is 17.3 Å². The molecule has 2 aromatic rings. The lowest BCUT2D eigenvalue weighted by molar-refractivity contribution is -0.217. The van der Waals surface area contributed by atoms with Crippen molar-refractivity contribution in [3.8, 4) is 0 Å². The highest BCUT2D eigenvalue weighted by Crippen LogP contribution is 2.59. The van der Waals surface area contributed by atoms with Crippen LogP contribution in [0.4, 0.5) is 0 Å². The van der Waals surface area contributed by atoms with Crippen LogP contribution in [0.15, 0.2) is 60.7 Å². The van der Waals surface area contributed by atoms with Crippen LogP contribution in [0.2, 0.25) is 0 Å². The number of benzene rings is 2. The van der Waals surface area contributed by atoms with Gasteiger partial charge >= 0.3 is 11.9 Å². The van der Waals surface area contributed by atoms with Crippen LogP contribution < -0.4 is 0 Å². The highest BCUT2D eigenvalue weighted by Gasteiger charge is 2.71. The molecule has 2 aliphatic rings. The summed E-state index contributed by atoms with van der Waals surface area (Å²) in [5.41, 5.74) is -2.13. The molecule has 0 saturated heterocycles. The topological polar surface area (TPSA) is 72.9 Å². The molecular formula is C47H71NO5. The van der Waals surface area contributed by atoms with Gasteiger partial charge in [0.2, 0.25) is 0 Å². The van der Waals surface area contributed by atoms with E-state index in [1.807, 2.05) is 57.2 Å². The van der Waals surface area contributed by atoms with Crippen molar-refractivity contribution in [2.45, 2.75) is 187 Å². The maximum absolute atomic E-state index is 15.8. The standard InChI is InChI=1S/C47H71NO5/c1-9-10-31-46(43(51)53-44(5,6)7,42(50)52-35-40-27-19-13-20-28-40)47(41-29-21-14-22-30-41,34-39-25-17-12-18-26-39)48(36(2)3)45(8,32-37(4)49)33-38-23-15-11-16-24-38/h11,13,15-16,19-20,23-24,27-28,36,39,41H,9-10,12,14,17-18,21-22,25-26,29-35H2,1-8H3. The van der Waals surface area contributed by atoms with Gasteiger partial charge in [-0.3, -0.25) is 19.3 Å². The van der Waals surface area contributed by atoms with Gasteiger partial charge < -0.3 is 9.47 Å². The summed E-state index contributed by atoms with van der Waals surface area (Å²) in [7, 11) is 0. The Kier molecular flexibility index (Phi) is 15.4. The first-order valence-corrected chi connectivity index (χ1v) is 21.0. The van der Waals surface area contributed by atoms with Gasteiger partial charge in [0.25, 0.3) is 0 Å². The van der Waals surface area contributed by atoms with Gasteiger partial charge in [0, 0.05) is 18.0 Å². The van der Waals surface area contributed by atoms with Gasteiger partial charge in [-0.05, 0) is 104 Å². The molecule has 0 amide bonds. The first-order chi connectivity index (χ1) is 25.2. The Morgan fingerprint density at radius 3 is 1.83 bits per heavy atom. The summed E-state index contributed by atoms with van der Waals surface area (Å²) in [4.78, 5) is 47.8. The zero-order valence-corrected chi connectivity index (χ0v) is 34.5. The smallest absolute Gasteiger partial charge is 0.325 e. The predicted octanol–water partition coefficient (Wildman–Crippen LogP) is 11.2. The van der Waals surface area contributed by atoms with Crippen LogP contribution in [0.1, 0.15) is 163 Å².